The van der Waals surface area contributed by atoms with E-state index in [2.05, 4.69) is 17.3 Å². The van der Waals surface area contributed by atoms with Crippen molar-refractivity contribution in [1.29, 1.82) is 0 Å². The van der Waals surface area contributed by atoms with Gasteiger partial charge in [0.2, 0.25) is 0 Å². The largest absolute Gasteiger partial charge is 0.321 e. The topological polar surface area (TPSA) is 64.0 Å². The van der Waals surface area contributed by atoms with Crippen LogP contribution in [0, 0.1) is 13.8 Å². The maximum absolute atomic E-state index is 12.9. The Balaban J connectivity index is 2.04. The minimum absolute atomic E-state index is 0.156. The second-order valence-electron chi connectivity index (χ2n) is 6.53. The van der Waals surface area contributed by atoms with E-state index in [1.54, 1.807) is 18.2 Å². The molecule has 5 heteroatoms. The summed E-state index contributed by atoms with van der Waals surface area (Å²) in [5.41, 5.74) is 3.11. The Labute approximate surface area is 152 Å². The van der Waals surface area contributed by atoms with Crippen LogP contribution in [-0.2, 0) is 6.54 Å². The van der Waals surface area contributed by atoms with Crippen LogP contribution in [0.1, 0.15) is 41.4 Å². The molecule has 5 nitrogen and oxygen atoms in total. The van der Waals surface area contributed by atoms with Crippen LogP contribution < -0.4 is 10.9 Å². The average Bonchev–Trinajstić information content (AvgIpc) is 2.64. The number of aromatic nitrogens is 2. The number of carbonyl (C=O) groups excluding carboxylic acids is 1. The minimum atomic E-state index is -0.310. The van der Waals surface area contributed by atoms with Gasteiger partial charge in [0.25, 0.3) is 11.5 Å². The van der Waals surface area contributed by atoms with Crippen molar-refractivity contribution in [3.05, 3.63) is 69.6 Å². The number of aryl methyl sites for hydroxylation is 3. The third-order valence-corrected chi connectivity index (χ3v) is 4.57. The van der Waals surface area contributed by atoms with Crippen LogP contribution in [0.4, 0.5) is 5.69 Å². The maximum atomic E-state index is 12.9. The van der Waals surface area contributed by atoms with Gasteiger partial charge in [-0.05, 0) is 49.6 Å². The lowest BCUT2D eigenvalue weighted by Crippen LogP contribution is -2.27. The monoisotopic (exact) mass is 349 g/mol. The molecule has 1 amide bonds. The summed E-state index contributed by atoms with van der Waals surface area (Å²) in [4.78, 5) is 25.5. The Morgan fingerprint density at radius 2 is 1.81 bits per heavy atom. The predicted molar refractivity (Wildman–Crippen MR) is 105 cm³/mol. The van der Waals surface area contributed by atoms with Gasteiger partial charge in [0, 0.05) is 17.6 Å². The van der Waals surface area contributed by atoms with Gasteiger partial charge in [0.15, 0.2) is 5.69 Å². The third kappa shape index (κ3) is 3.52. The number of hydrogen-bond acceptors (Lipinski definition) is 3. The predicted octanol–water partition coefficient (Wildman–Crippen LogP) is 4.07. The van der Waals surface area contributed by atoms with Gasteiger partial charge in [-0.1, -0.05) is 37.6 Å². The third-order valence-electron chi connectivity index (χ3n) is 4.57. The molecule has 0 unspecified atom stereocenters. The summed E-state index contributed by atoms with van der Waals surface area (Å²) in [6.45, 7) is 6.59. The van der Waals surface area contributed by atoms with E-state index < -0.39 is 0 Å². The summed E-state index contributed by atoms with van der Waals surface area (Å²) in [5, 5.41) is 8.36. The van der Waals surface area contributed by atoms with Crippen LogP contribution in [0.2, 0.25) is 0 Å². The van der Waals surface area contributed by atoms with Crippen LogP contribution in [-0.4, -0.2) is 15.7 Å². The van der Waals surface area contributed by atoms with Gasteiger partial charge in [0.05, 0.1) is 5.39 Å². The van der Waals surface area contributed by atoms with Gasteiger partial charge in [-0.2, -0.15) is 5.10 Å². The van der Waals surface area contributed by atoms with E-state index in [-0.39, 0.29) is 17.2 Å². The first-order valence-electron chi connectivity index (χ1n) is 8.89. The zero-order valence-electron chi connectivity index (χ0n) is 15.4. The molecule has 0 aliphatic rings. The molecule has 2 aromatic carbocycles. The van der Waals surface area contributed by atoms with Gasteiger partial charge in [-0.25, -0.2) is 4.68 Å². The average molecular weight is 349 g/mol. The molecule has 0 radical (unpaired) electrons. The van der Waals surface area contributed by atoms with E-state index in [0.717, 1.165) is 24.1 Å². The highest BCUT2D eigenvalue weighted by Crippen LogP contribution is 2.18. The van der Waals surface area contributed by atoms with Gasteiger partial charge >= 0.3 is 0 Å². The molecule has 3 aromatic rings. The number of hydrogen-bond donors (Lipinski definition) is 1. The fourth-order valence-corrected chi connectivity index (χ4v) is 2.87. The highest BCUT2D eigenvalue weighted by molar-refractivity contribution is 6.11. The molecule has 0 atom stereocenters. The van der Waals surface area contributed by atoms with Crippen molar-refractivity contribution in [2.75, 3.05) is 5.32 Å². The first-order chi connectivity index (χ1) is 12.5. The number of fused-ring (bicyclic) bond motifs is 1. The zero-order valence-corrected chi connectivity index (χ0v) is 15.4. The zero-order chi connectivity index (χ0) is 18.7. The number of unbranched alkanes of at least 4 members (excludes halogenated alkanes) is 1. The molecule has 26 heavy (non-hydrogen) atoms. The summed E-state index contributed by atoms with van der Waals surface area (Å²) < 4.78 is 1.40. The van der Waals surface area contributed by atoms with Gasteiger partial charge in [-0.15, -0.1) is 0 Å². The van der Waals surface area contributed by atoms with Crippen LogP contribution in [0.25, 0.3) is 10.8 Å². The van der Waals surface area contributed by atoms with Crippen molar-refractivity contribution in [3.63, 3.8) is 0 Å². The van der Waals surface area contributed by atoms with Crippen molar-refractivity contribution in [2.45, 2.75) is 40.2 Å². The summed E-state index contributed by atoms with van der Waals surface area (Å²) in [6.07, 6.45) is 1.79. The summed E-state index contributed by atoms with van der Waals surface area (Å²) >= 11 is 0. The maximum Gasteiger partial charge on any atom is 0.276 e. The number of nitrogens with one attached hydrogen (secondary N) is 1. The van der Waals surface area contributed by atoms with Crippen molar-refractivity contribution >= 4 is 22.4 Å². The molecular weight excluding hydrogens is 326 g/mol. The Kier molecular flexibility index (Phi) is 5.16. The molecule has 134 valence electrons. The highest BCUT2D eigenvalue weighted by atomic mass is 16.2. The number of benzene rings is 2. The molecular formula is C21H23N3O2. The first-order valence-corrected chi connectivity index (χ1v) is 8.89. The highest BCUT2D eigenvalue weighted by Gasteiger charge is 2.16. The van der Waals surface area contributed by atoms with E-state index in [9.17, 15) is 9.59 Å². The lowest BCUT2D eigenvalue weighted by atomic mass is 10.1. The van der Waals surface area contributed by atoms with Crippen LogP contribution in [0.5, 0.6) is 0 Å². The normalized spacial score (nSPS) is 10.9. The van der Waals surface area contributed by atoms with Crippen molar-refractivity contribution in [1.82, 2.24) is 9.78 Å². The summed E-state index contributed by atoms with van der Waals surface area (Å²) in [5.74, 6) is -0.310. The lowest BCUT2D eigenvalue weighted by molar-refractivity contribution is 0.102. The molecule has 1 aromatic heterocycles. The van der Waals surface area contributed by atoms with E-state index in [4.69, 9.17) is 0 Å². The summed E-state index contributed by atoms with van der Waals surface area (Å²) in [6, 6.07) is 12.9. The second kappa shape index (κ2) is 7.52. The first kappa shape index (κ1) is 17.9. The number of anilines is 1. The number of carbonyl (C=O) groups is 1. The molecule has 1 N–H and O–H groups in total. The van der Waals surface area contributed by atoms with Crippen LogP contribution >= 0.6 is 0 Å². The number of rotatable bonds is 5. The minimum Gasteiger partial charge on any atom is -0.321 e. The van der Waals surface area contributed by atoms with Crippen LogP contribution in [0.3, 0.4) is 0 Å². The smallest absolute Gasteiger partial charge is 0.276 e. The van der Waals surface area contributed by atoms with E-state index in [1.165, 1.54) is 10.2 Å². The Bertz CT molecular complexity index is 1020. The molecule has 0 aliphatic heterocycles. The Morgan fingerprint density at radius 3 is 2.50 bits per heavy atom. The fourth-order valence-electron chi connectivity index (χ4n) is 2.87. The SMILES string of the molecule is CCCCn1nc(C(=O)Nc2ccc(C)c(C)c2)c2ccccc2c1=O. The van der Waals surface area contributed by atoms with Gasteiger partial charge in [-0.3, -0.25) is 9.59 Å². The molecule has 0 fully saturated rings. The van der Waals surface area contributed by atoms with Gasteiger partial charge < -0.3 is 5.32 Å². The molecule has 3 rings (SSSR count). The lowest BCUT2D eigenvalue weighted by Gasteiger charge is -2.12. The summed E-state index contributed by atoms with van der Waals surface area (Å²) in [7, 11) is 0. The van der Waals surface area contributed by atoms with Crippen molar-refractivity contribution in [2.24, 2.45) is 0 Å². The standard InChI is InChI=1S/C21H23N3O2/c1-4-5-12-24-21(26)18-9-7-6-8-17(18)19(23-24)20(25)22-16-11-10-14(2)15(3)13-16/h6-11,13H,4-5,12H2,1-3H3,(H,22,25). The molecule has 0 saturated carbocycles. The quantitative estimate of drug-likeness (QED) is 0.755. The van der Waals surface area contributed by atoms with Gasteiger partial charge in [0.1, 0.15) is 0 Å². The number of nitrogens with zero attached hydrogens (tertiary/aromatic N) is 2. The molecule has 1 heterocycles. The van der Waals surface area contributed by atoms with E-state index >= 15 is 0 Å². The van der Waals surface area contributed by atoms with E-state index in [0.29, 0.717) is 17.3 Å². The molecule has 0 bridgehead atoms. The molecule has 0 spiro atoms. The van der Waals surface area contributed by atoms with Crippen molar-refractivity contribution in [3.8, 4) is 0 Å². The Hall–Kier alpha value is -2.95. The molecule has 0 saturated heterocycles. The molecule has 0 aliphatic carbocycles. The van der Waals surface area contributed by atoms with Crippen LogP contribution in [0.15, 0.2) is 47.3 Å². The van der Waals surface area contributed by atoms with E-state index in [1.807, 2.05) is 38.1 Å². The number of amides is 1. The Morgan fingerprint density at radius 1 is 1.08 bits per heavy atom. The fraction of sp³-hybridized carbons (Fsp3) is 0.286. The van der Waals surface area contributed by atoms with Crippen molar-refractivity contribution < 1.29 is 4.79 Å². The second-order valence-corrected chi connectivity index (χ2v) is 6.53.